The smallest absolute Gasteiger partial charge is 0.243 e. The molecule has 0 radical (unpaired) electrons. The Bertz CT molecular complexity index is 538. The van der Waals surface area contributed by atoms with Gasteiger partial charge in [-0.3, -0.25) is 10.1 Å². The third-order valence-electron chi connectivity index (χ3n) is 2.78. The topological polar surface area (TPSA) is 84.7 Å². The molecule has 2 aromatic rings. The quantitative estimate of drug-likeness (QED) is 0.803. The average molecular weight is 294 g/mol. The normalized spacial score (nSPS) is 12.3. The van der Waals surface area contributed by atoms with E-state index in [0.29, 0.717) is 11.7 Å². The fourth-order valence-corrected chi connectivity index (χ4v) is 2.21. The maximum absolute atomic E-state index is 11.9. The lowest BCUT2D eigenvalue weighted by molar-refractivity contribution is -0.117. The number of aryl methyl sites for hydroxylation is 1. The SMILES string of the molecule is CCCn1cnnc1CN[C@H](C)C(=O)Nc1nccs1. The Balaban J connectivity index is 1.83. The van der Waals surface area contributed by atoms with Crippen LogP contribution in [0.5, 0.6) is 0 Å². The first-order chi connectivity index (χ1) is 9.70. The van der Waals surface area contributed by atoms with E-state index in [1.54, 1.807) is 12.5 Å². The summed E-state index contributed by atoms with van der Waals surface area (Å²) in [6.07, 6.45) is 4.39. The minimum absolute atomic E-state index is 0.110. The number of hydrogen-bond acceptors (Lipinski definition) is 6. The van der Waals surface area contributed by atoms with Crippen molar-refractivity contribution in [1.82, 2.24) is 25.1 Å². The summed E-state index contributed by atoms with van der Waals surface area (Å²) < 4.78 is 1.98. The number of thiazole rings is 1. The summed E-state index contributed by atoms with van der Waals surface area (Å²) in [7, 11) is 0. The van der Waals surface area contributed by atoms with Crippen molar-refractivity contribution < 1.29 is 4.79 Å². The first kappa shape index (κ1) is 14.6. The first-order valence-corrected chi connectivity index (χ1v) is 7.39. The Kier molecular flexibility index (Phi) is 5.19. The Labute approximate surface area is 121 Å². The maximum atomic E-state index is 11.9. The van der Waals surface area contributed by atoms with E-state index in [4.69, 9.17) is 0 Å². The van der Waals surface area contributed by atoms with Gasteiger partial charge in [0.1, 0.15) is 12.2 Å². The monoisotopic (exact) mass is 294 g/mol. The van der Waals surface area contributed by atoms with Crippen LogP contribution in [0.15, 0.2) is 17.9 Å². The summed E-state index contributed by atoms with van der Waals surface area (Å²) in [5.41, 5.74) is 0. The number of nitrogens with zero attached hydrogens (tertiary/aromatic N) is 4. The second-order valence-corrected chi connectivity index (χ2v) is 5.26. The molecule has 0 aliphatic rings. The molecule has 0 unspecified atom stereocenters. The fourth-order valence-electron chi connectivity index (χ4n) is 1.68. The van der Waals surface area contributed by atoms with Crippen LogP contribution in [0.3, 0.4) is 0 Å². The van der Waals surface area contributed by atoms with Crippen molar-refractivity contribution >= 4 is 22.4 Å². The van der Waals surface area contributed by atoms with Gasteiger partial charge in [-0.1, -0.05) is 6.92 Å². The van der Waals surface area contributed by atoms with Crippen LogP contribution in [0.25, 0.3) is 0 Å². The second kappa shape index (κ2) is 7.11. The Morgan fingerprint density at radius 1 is 1.55 bits per heavy atom. The zero-order valence-corrected chi connectivity index (χ0v) is 12.4. The number of amides is 1. The molecule has 1 amide bonds. The predicted molar refractivity (Wildman–Crippen MR) is 77.4 cm³/mol. The van der Waals surface area contributed by atoms with Gasteiger partial charge in [0.25, 0.3) is 0 Å². The molecular weight excluding hydrogens is 276 g/mol. The minimum atomic E-state index is -0.328. The molecule has 0 bridgehead atoms. The molecule has 20 heavy (non-hydrogen) atoms. The number of carbonyl (C=O) groups excluding carboxylic acids is 1. The molecule has 1 atom stereocenters. The van der Waals surface area contributed by atoms with Gasteiger partial charge >= 0.3 is 0 Å². The van der Waals surface area contributed by atoms with Crippen LogP contribution in [0.2, 0.25) is 0 Å². The molecule has 0 aliphatic heterocycles. The molecule has 2 aromatic heterocycles. The highest BCUT2D eigenvalue weighted by Crippen LogP contribution is 2.10. The molecule has 0 aliphatic carbocycles. The Hall–Kier alpha value is -1.80. The van der Waals surface area contributed by atoms with Crippen molar-refractivity contribution in [2.45, 2.75) is 39.4 Å². The van der Waals surface area contributed by atoms with Gasteiger partial charge in [-0.2, -0.15) is 0 Å². The van der Waals surface area contributed by atoms with Gasteiger partial charge in [-0.15, -0.1) is 21.5 Å². The van der Waals surface area contributed by atoms with E-state index < -0.39 is 0 Å². The number of anilines is 1. The Morgan fingerprint density at radius 3 is 3.10 bits per heavy atom. The van der Waals surface area contributed by atoms with E-state index in [9.17, 15) is 4.79 Å². The third-order valence-corrected chi connectivity index (χ3v) is 3.47. The number of aromatic nitrogens is 4. The first-order valence-electron chi connectivity index (χ1n) is 6.51. The fraction of sp³-hybridized carbons (Fsp3) is 0.500. The van der Waals surface area contributed by atoms with Crippen LogP contribution in [0, 0.1) is 0 Å². The summed E-state index contributed by atoms with van der Waals surface area (Å²) >= 11 is 1.40. The van der Waals surface area contributed by atoms with Crippen LogP contribution in [0.4, 0.5) is 5.13 Å². The maximum Gasteiger partial charge on any atom is 0.243 e. The molecule has 8 heteroatoms. The lowest BCUT2D eigenvalue weighted by atomic mass is 10.3. The number of carbonyl (C=O) groups is 1. The van der Waals surface area contributed by atoms with Gasteiger partial charge < -0.3 is 9.88 Å². The van der Waals surface area contributed by atoms with Gasteiger partial charge in [0.2, 0.25) is 5.91 Å². The summed E-state index contributed by atoms with van der Waals surface area (Å²) in [5.74, 6) is 0.724. The molecular formula is C12H18N6OS. The number of hydrogen-bond donors (Lipinski definition) is 2. The lowest BCUT2D eigenvalue weighted by Gasteiger charge is -2.13. The van der Waals surface area contributed by atoms with Gasteiger partial charge in [0.05, 0.1) is 12.6 Å². The molecule has 2 N–H and O–H groups in total. The predicted octanol–water partition coefficient (Wildman–Crippen LogP) is 1.26. The van der Waals surface area contributed by atoms with Crippen molar-refractivity contribution in [3.8, 4) is 0 Å². The van der Waals surface area contributed by atoms with Crippen LogP contribution >= 0.6 is 11.3 Å². The molecule has 2 heterocycles. The molecule has 0 fully saturated rings. The summed E-state index contributed by atoms with van der Waals surface area (Å²) in [4.78, 5) is 16.0. The third kappa shape index (κ3) is 3.84. The van der Waals surface area contributed by atoms with Crippen LogP contribution in [-0.4, -0.2) is 31.7 Å². The van der Waals surface area contributed by atoms with E-state index in [2.05, 4.69) is 32.7 Å². The largest absolute Gasteiger partial charge is 0.317 e. The van der Waals surface area contributed by atoms with Crippen LogP contribution in [0.1, 0.15) is 26.1 Å². The van der Waals surface area contributed by atoms with Crippen molar-refractivity contribution in [3.05, 3.63) is 23.7 Å². The number of rotatable bonds is 7. The lowest BCUT2D eigenvalue weighted by Crippen LogP contribution is -2.38. The van der Waals surface area contributed by atoms with E-state index >= 15 is 0 Å². The van der Waals surface area contributed by atoms with Gasteiger partial charge in [0.15, 0.2) is 5.13 Å². The Morgan fingerprint density at radius 2 is 2.40 bits per heavy atom. The van der Waals surface area contributed by atoms with Crippen molar-refractivity contribution in [3.63, 3.8) is 0 Å². The van der Waals surface area contributed by atoms with E-state index in [1.807, 2.05) is 16.9 Å². The molecule has 7 nitrogen and oxygen atoms in total. The molecule has 0 spiro atoms. The molecule has 0 saturated heterocycles. The van der Waals surface area contributed by atoms with Crippen LogP contribution in [-0.2, 0) is 17.9 Å². The average Bonchev–Trinajstić information content (AvgIpc) is 3.08. The van der Waals surface area contributed by atoms with Gasteiger partial charge in [0, 0.05) is 18.1 Å². The van der Waals surface area contributed by atoms with Crippen LogP contribution < -0.4 is 10.6 Å². The van der Waals surface area contributed by atoms with Gasteiger partial charge in [-0.25, -0.2) is 4.98 Å². The van der Waals surface area contributed by atoms with Crippen molar-refractivity contribution in [1.29, 1.82) is 0 Å². The summed E-state index contributed by atoms with van der Waals surface area (Å²) in [6.45, 7) is 5.29. The van der Waals surface area contributed by atoms with Crippen molar-refractivity contribution in [2.75, 3.05) is 5.32 Å². The molecule has 2 rings (SSSR count). The zero-order valence-electron chi connectivity index (χ0n) is 11.5. The number of nitrogens with one attached hydrogen (secondary N) is 2. The molecule has 0 saturated carbocycles. The summed E-state index contributed by atoms with van der Waals surface area (Å²) in [6, 6.07) is -0.328. The highest BCUT2D eigenvalue weighted by molar-refractivity contribution is 7.13. The molecule has 0 aromatic carbocycles. The van der Waals surface area contributed by atoms with Crippen molar-refractivity contribution in [2.24, 2.45) is 0 Å². The second-order valence-electron chi connectivity index (χ2n) is 4.37. The minimum Gasteiger partial charge on any atom is -0.317 e. The molecule has 108 valence electrons. The van der Waals surface area contributed by atoms with E-state index in [-0.39, 0.29) is 11.9 Å². The summed E-state index contributed by atoms with van der Waals surface area (Å²) in [5, 5.41) is 16.3. The highest BCUT2D eigenvalue weighted by atomic mass is 32.1. The van der Waals surface area contributed by atoms with E-state index in [1.165, 1.54) is 11.3 Å². The standard InChI is InChI=1S/C12H18N6OS/c1-3-5-18-8-15-17-10(18)7-14-9(2)11(19)16-12-13-4-6-20-12/h4,6,8-9,14H,3,5,7H2,1-2H3,(H,13,16,19)/t9-/m1/s1. The zero-order chi connectivity index (χ0) is 14.4. The van der Waals surface area contributed by atoms with Gasteiger partial charge in [-0.05, 0) is 13.3 Å². The highest BCUT2D eigenvalue weighted by Gasteiger charge is 2.14. The van der Waals surface area contributed by atoms with E-state index in [0.717, 1.165) is 18.8 Å².